The maximum atomic E-state index is 12.2. The Labute approximate surface area is 132 Å². The molecule has 112 valence electrons. The maximum Gasteiger partial charge on any atom is 0.353 e. The quantitative estimate of drug-likeness (QED) is 0.430. The number of aromatic nitrogens is 2. The molecule has 1 amide bonds. The number of anilines is 1. The van der Waals surface area contributed by atoms with Crippen molar-refractivity contribution in [3.05, 3.63) is 40.2 Å². The van der Waals surface area contributed by atoms with Crippen LogP contribution in [0.25, 0.3) is 11.0 Å². The average Bonchev–Trinajstić information content (AvgIpc) is 2.95. The van der Waals surface area contributed by atoms with Crippen molar-refractivity contribution in [3.63, 3.8) is 0 Å². The van der Waals surface area contributed by atoms with Crippen LogP contribution in [0.3, 0.4) is 0 Å². The number of amides is 1. The number of hydrogen-bond acceptors (Lipinski definition) is 8. The van der Waals surface area contributed by atoms with Crippen molar-refractivity contribution >= 4 is 45.1 Å². The molecule has 2 aromatic heterocycles. The van der Waals surface area contributed by atoms with Crippen LogP contribution in [0.2, 0.25) is 0 Å². The van der Waals surface area contributed by atoms with Gasteiger partial charge in [0.25, 0.3) is 5.91 Å². The number of benzene rings is 1. The Kier molecular flexibility index (Phi) is 3.82. The number of fused-ring (bicyclic) bond motifs is 1. The third-order valence-electron chi connectivity index (χ3n) is 2.81. The molecule has 0 atom stereocenters. The highest BCUT2D eigenvalue weighted by Gasteiger charge is 2.22. The van der Waals surface area contributed by atoms with Crippen LogP contribution >= 0.6 is 23.1 Å². The Hall–Kier alpha value is -2.39. The van der Waals surface area contributed by atoms with E-state index in [0.29, 0.717) is 4.34 Å². The predicted molar refractivity (Wildman–Crippen MR) is 83.8 cm³/mol. The molecule has 7 nitrogen and oxygen atoms in total. The second kappa shape index (κ2) is 5.78. The van der Waals surface area contributed by atoms with Gasteiger partial charge in [-0.3, -0.25) is 10.1 Å². The van der Waals surface area contributed by atoms with Crippen LogP contribution in [0.1, 0.15) is 10.4 Å². The van der Waals surface area contributed by atoms with Crippen molar-refractivity contribution in [2.24, 2.45) is 0 Å². The number of thioether (sulfide) groups is 1. The fraction of sp³-hybridized carbons (Fsp3) is 0.0769. The number of nitrogens with zero attached hydrogens (tertiary/aromatic N) is 2. The molecule has 0 radical (unpaired) electrons. The van der Waals surface area contributed by atoms with Crippen molar-refractivity contribution in [2.45, 2.75) is 4.34 Å². The second-order valence-electron chi connectivity index (χ2n) is 4.14. The average molecular weight is 335 g/mol. The molecule has 0 aliphatic rings. The Morgan fingerprint density at radius 1 is 1.36 bits per heavy atom. The van der Waals surface area contributed by atoms with Gasteiger partial charge in [-0.25, -0.2) is 4.79 Å². The van der Waals surface area contributed by atoms with Crippen molar-refractivity contribution in [1.82, 2.24) is 10.2 Å². The molecule has 0 fully saturated rings. The highest BCUT2D eigenvalue weighted by Crippen LogP contribution is 2.27. The molecule has 0 bridgehead atoms. The van der Waals surface area contributed by atoms with E-state index in [4.69, 9.17) is 4.42 Å². The normalized spacial score (nSPS) is 10.8. The summed E-state index contributed by atoms with van der Waals surface area (Å²) in [6, 6.07) is 6.42. The third-order valence-corrected chi connectivity index (χ3v) is 4.63. The molecule has 1 aromatic carbocycles. The smallest absolute Gasteiger partial charge is 0.353 e. The number of aromatic hydroxyl groups is 1. The molecule has 3 aromatic rings. The van der Waals surface area contributed by atoms with Gasteiger partial charge < -0.3 is 9.52 Å². The molecule has 0 saturated carbocycles. The van der Waals surface area contributed by atoms with Gasteiger partial charge in [0.05, 0.1) is 5.39 Å². The van der Waals surface area contributed by atoms with Gasteiger partial charge in [-0.1, -0.05) is 35.2 Å². The maximum absolute atomic E-state index is 12.2. The summed E-state index contributed by atoms with van der Waals surface area (Å²) in [6.07, 6.45) is 1.83. The van der Waals surface area contributed by atoms with E-state index in [0.717, 1.165) is 0 Å². The summed E-state index contributed by atoms with van der Waals surface area (Å²) in [6.45, 7) is 0. The van der Waals surface area contributed by atoms with Crippen LogP contribution in [-0.4, -0.2) is 27.5 Å². The standard InChI is InChI=1S/C13H9N3O4S2/c1-21-13-16-15-12(22-13)14-10(18)8-9(17)6-4-2-3-5-7(6)20-11(8)19/h2-5,17H,1H3,(H,14,15,18). The zero-order chi connectivity index (χ0) is 15.7. The minimum Gasteiger partial charge on any atom is -0.506 e. The van der Waals surface area contributed by atoms with Crippen LogP contribution < -0.4 is 10.9 Å². The van der Waals surface area contributed by atoms with Gasteiger partial charge in [0.1, 0.15) is 11.3 Å². The Morgan fingerprint density at radius 3 is 2.86 bits per heavy atom. The Morgan fingerprint density at radius 2 is 2.14 bits per heavy atom. The van der Waals surface area contributed by atoms with Crippen molar-refractivity contribution in [2.75, 3.05) is 11.6 Å². The van der Waals surface area contributed by atoms with Gasteiger partial charge in [-0.05, 0) is 18.4 Å². The lowest BCUT2D eigenvalue weighted by molar-refractivity contribution is 0.102. The summed E-state index contributed by atoms with van der Waals surface area (Å²) in [4.78, 5) is 24.1. The molecule has 0 unspecified atom stereocenters. The molecule has 0 aliphatic heterocycles. The lowest BCUT2D eigenvalue weighted by atomic mass is 10.1. The van der Waals surface area contributed by atoms with Gasteiger partial charge in [0, 0.05) is 0 Å². The number of nitrogens with one attached hydrogen (secondary N) is 1. The first kappa shape index (κ1) is 14.5. The summed E-state index contributed by atoms with van der Waals surface area (Å²) in [7, 11) is 0. The summed E-state index contributed by atoms with van der Waals surface area (Å²) in [5.74, 6) is -1.21. The molecule has 0 aliphatic carbocycles. The minimum absolute atomic E-state index is 0.210. The predicted octanol–water partition coefficient (Wildman–Crippen LogP) is 2.32. The van der Waals surface area contributed by atoms with Crippen LogP contribution in [0, 0.1) is 0 Å². The van der Waals surface area contributed by atoms with Crippen LogP contribution in [0.5, 0.6) is 5.75 Å². The van der Waals surface area contributed by atoms with Gasteiger partial charge in [-0.15, -0.1) is 10.2 Å². The highest BCUT2D eigenvalue weighted by molar-refractivity contribution is 8.00. The molecular weight excluding hydrogens is 326 g/mol. The molecule has 2 N–H and O–H groups in total. The number of carbonyl (C=O) groups excluding carboxylic acids is 1. The first-order chi connectivity index (χ1) is 10.6. The number of rotatable bonds is 3. The van der Waals surface area contributed by atoms with Gasteiger partial charge in [0.2, 0.25) is 5.13 Å². The first-order valence-electron chi connectivity index (χ1n) is 6.04. The van der Waals surface area contributed by atoms with Gasteiger partial charge >= 0.3 is 5.63 Å². The molecule has 2 heterocycles. The van der Waals surface area contributed by atoms with E-state index in [9.17, 15) is 14.7 Å². The molecule has 3 rings (SSSR count). The van der Waals surface area contributed by atoms with Gasteiger partial charge in [0.15, 0.2) is 9.90 Å². The van der Waals surface area contributed by atoms with E-state index in [1.807, 2.05) is 6.26 Å². The van der Waals surface area contributed by atoms with Crippen LogP contribution in [0.4, 0.5) is 5.13 Å². The summed E-state index contributed by atoms with van der Waals surface area (Å²) in [5.41, 5.74) is -1.16. The SMILES string of the molecule is CSc1nnc(NC(=O)c2c(O)c3ccccc3oc2=O)s1. The summed E-state index contributed by atoms with van der Waals surface area (Å²) >= 11 is 2.55. The van der Waals surface area contributed by atoms with Crippen LogP contribution in [-0.2, 0) is 0 Å². The van der Waals surface area contributed by atoms with Crippen molar-refractivity contribution < 1.29 is 14.3 Å². The topological polar surface area (TPSA) is 105 Å². The minimum atomic E-state index is -0.914. The van der Waals surface area contributed by atoms with E-state index in [2.05, 4.69) is 15.5 Å². The van der Waals surface area contributed by atoms with Gasteiger partial charge in [-0.2, -0.15) is 0 Å². The number of carbonyl (C=O) groups is 1. The summed E-state index contributed by atoms with van der Waals surface area (Å²) in [5, 5.41) is 20.7. The lowest BCUT2D eigenvalue weighted by Gasteiger charge is -2.05. The highest BCUT2D eigenvalue weighted by atomic mass is 32.2. The second-order valence-corrected chi connectivity index (χ2v) is 6.17. The lowest BCUT2D eigenvalue weighted by Crippen LogP contribution is -2.21. The fourth-order valence-corrected chi connectivity index (χ4v) is 3.00. The van der Waals surface area contributed by atoms with E-state index >= 15 is 0 Å². The fourth-order valence-electron chi connectivity index (χ4n) is 1.84. The zero-order valence-corrected chi connectivity index (χ0v) is 12.8. The van der Waals surface area contributed by atoms with Crippen molar-refractivity contribution in [1.29, 1.82) is 0 Å². The molecule has 9 heteroatoms. The first-order valence-corrected chi connectivity index (χ1v) is 8.08. The Balaban J connectivity index is 2.02. The zero-order valence-electron chi connectivity index (χ0n) is 11.2. The van der Waals surface area contributed by atoms with E-state index in [1.165, 1.54) is 29.2 Å². The third kappa shape index (κ3) is 2.55. The van der Waals surface area contributed by atoms with E-state index in [-0.39, 0.29) is 16.1 Å². The number of hydrogen-bond donors (Lipinski definition) is 2. The molecule has 0 saturated heterocycles. The van der Waals surface area contributed by atoms with E-state index < -0.39 is 22.8 Å². The Bertz CT molecular complexity index is 919. The monoisotopic (exact) mass is 335 g/mol. The largest absolute Gasteiger partial charge is 0.506 e. The van der Waals surface area contributed by atoms with Crippen LogP contribution in [0.15, 0.2) is 37.8 Å². The molecule has 22 heavy (non-hydrogen) atoms. The number of para-hydroxylation sites is 1. The van der Waals surface area contributed by atoms with Crippen molar-refractivity contribution in [3.8, 4) is 5.75 Å². The molecular formula is C13H9N3O4S2. The summed E-state index contributed by atoms with van der Waals surface area (Å²) < 4.78 is 5.72. The van der Waals surface area contributed by atoms with E-state index in [1.54, 1.807) is 18.2 Å². The molecule has 0 spiro atoms.